The lowest BCUT2D eigenvalue weighted by atomic mass is 10.1. The normalized spacial score (nSPS) is 12.7. The van der Waals surface area contributed by atoms with Crippen LogP contribution in [0.5, 0.6) is 0 Å². The molecule has 1 heterocycles. The van der Waals surface area contributed by atoms with Gasteiger partial charge in [-0.05, 0) is 12.1 Å². The van der Waals surface area contributed by atoms with E-state index >= 15 is 0 Å². The summed E-state index contributed by atoms with van der Waals surface area (Å²) in [6.45, 7) is 0. The molecule has 15 heavy (non-hydrogen) atoms. The third-order valence-corrected chi connectivity index (χ3v) is 2.64. The highest BCUT2D eigenvalue weighted by molar-refractivity contribution is 6.99. The van der Waals surface area contributed by atoms with E-state index in [2.05, 4.69) is 8.75 Å². The van der Waals surface area contributed by atoms with Gasteiger partial charge in [-0.3, -0.25) is 0 Å². The van der Waals surface area contributed by atoms with Crippen molar-refractivity contribution in [2.75, 3.05) is 0 Å². The Morgan fingerprint density at radius 3 is 2.87 bits per heavy atom. The van der Waals surface area contributed by atoms with Crippen LogP contribution in [0.4, 0.5) is 4.39 Å². The van der Waals surface area contributed by atoms with Crippen molar-refractivity contribution in [3.63, 3.8) is 0 Å². The lowest BCUT2D eigenvalue weighted by Crippen LogP contribution is -2.02. The second kappa shape index (κ2) is 4.22. The van der Waals surface area contributed by atoms with Crippen molar-refractivity contribution in [3.8, 4) is 0 Å². The highest BCUT2D eigenvalue weighted by Gasteiger charge is 2.17. The van der Waals surface area contributed by atoms with Crippen LogP contribution in [-0.2, 0) is 0 Å². The molecule has 1 unspecified atom stereocenters. The number of hydrogen-bond acceptors (Lipinski definition) is 4. The summed E-state index contributed by atoms with van der Waals surface area (Å²) in [4.78, 5) is 0. The third kappa shape index (κ3) is 2.14. The number of halogens is 2. The van der Waals surface area contributed by atoms with Crippen molar-refractivity contribution in [3.05, 3.63) is 46.5 Å². The van der Waals surface area contributed by atoms with Crippen LogP contribution in [0.2, 0.25) is 5.02 Å². The van der Waals surface area contributed by atoms with Gasteiger partial charge in [0.05, 0.1) is 17.9 Å². The summed E-state index contributed by atoms with van der Waals surface area (Å²) in [7, 11) is 0. The van der Waals surface area contributed by atoms with Crippen LogP contribution < -0.4 is 0 Å². The zero-order valence-electron chi connectivity index (χ0n) is 7.39. The van der Waals surface area contributed by atoms with Gasteiger partial charge in [-0.25, -0.2) is 4.39 Å². The van der Waals surface area contributed by atoms with Crippen molar-refractivity contribution < 1.29 is 9.50 Å². The first kappa shape index (κ1) is 10.5. The molecule has 3 nitrogen and oxygen atoms in total. The van der Waals surface area contributed by atoms with E-state index in [4.69, 9.17) is 11.6 Å². The molecular formula is C9H6ClFN2OS. The number of nitrogens with zero attached hydrogens (tertiary/aromatic N) is 2. The first-order valence-electron chi connectivity index (χ1n) is 4.09. The third-order valence-electron chi connectivity index (χ3n) is 1.92. The van der Waals surface area contributed by atoms with Crippen LogP contribution in [-0.4, -0.2) is 13.9 Å². The molecule has 2 aromatic rings. The fourth-order valence-electron chi connectivity index (χ4n) is 1.17. The van der Waals surface area contributed by atoms with Gasteiger partial charge in [0, 0.05) is 10.6 Å². The first-order chi connectivity index (χ1) is 7.18. The van der Waals surface area contributed by atoms with Crippen LogP contribution >= 0.6 is 23.3 Å². The monoisotopic (exact) mass is 244 g/mol. The molecule has 1 aromatic carbocycles. The van der Waals surface area contributed by atoms with Gasteiger partial charge in [-0.2, -0.15) is 8.75 Å². The highest BCUT2D eigenvalue weighted by Crippen LogP contribution is 2.25. The molecule has 0 radical (unpaired) electrons. The molecule has 0 saturated heterocycles. The number of rotatable bonds is 2. The highest BCUT2D eigenvalue weighted by atomic mass is 35.5. The van der Waals surface area contributed by atoms with Crippen molar-refractivity contribution in [1.82, 2.24) is 8.75 Å². The van der Waals surface area contributed by atoms with Crippen molar-refractivity contribution in [2.45, 2.75) is 6.10 Å². The standard InChI is InChI=1S/C9H6ClFN2OS/c10-5-1-2-6(7(11)3-5)9(14)8-4-12-15-13-8/h1-4,9,14H. The number of hydrogen-bond donors (Lipinski definition) is 1. The summed E-state index contributed by atoms with van der Waals surface area (Å²) in [5.41, 5.74) is 0.480. The van der Waals surface area contributed by atoms with E-state index in [0.717, 1.165) is 17.8 Å². The lowest BCUT2D eigenvalue weighted by molar-refractivity contribution is 0.211. The Morgan fingerprint density at radius 1 is 1.47 bits per heavy atom. The van der Waals surface area contributed by atoms with Crippen molar-refractivity contribution in [1.29, 1.82) is 0 Å². The summed E-state index contributed by atoms with van der Waals surface area (Å²) in [6.07, 6.45) is 0.310. The van der Waals surface area contributed by atoms with Crippen molar-refractivity contribution in [2.24, 2.45) is 0 Å². The minimum atomic E-state index is -1.10. The summed E-state index contributed by atoms with van der Waals surface area (Å²) in [5.74, 6) is -0.553. The lowest BCUT2D eigenvalue weighted by Gasteiger charge is -2.08. The Hall–Kier alpha value is -1.04. The maximum atomic E-state index is 13.4. The fraction of sp³-hybridized carbons (Fsp3) is 0.111. The molecule has 6 heteroatoms. The quantitative estimate of drug-likeness (QED) is 0.883. The van der Waals surface area contributed by atoms with Gasteiger partial charge in [-0.1, -0.05) is 17.7 Å². The summed E-state index contributed by atoms with van der Waals surface area (Å²) < 4.78 is 21.0. The van der Waals surface area contributed by atoms with E-state index in [1.165, 1.54) is 18.3 Å². The van der Waals surface area contributed by atoms with Crippen LogP contribution in [0.3, 0.4) is 0 Å². The van der Waals surface area contributed by atoms with E-state index in [0.29, 0.717) is 10.7 Å². The zero-order chi connectivity index (χ0) is 10.8. The van der Waals surface area contributed by atoms with Crippen LogP contribution in [0.15, 0.2) is 24.4 Å². The Morgan fingerprint density at radius 2 is 2.27 bits per heavy atom. The SMILES string of the molecule is OC(c1cnsn1)c1ccc(Cl)cc1F. The summed E-state index contributed by atoms with van der Waals surface area (Å²) in [6, 6.07) is 4.10. The number of benzene rings is 1. The van der Waals surface area contributed by atoms with Gasteiger partial charge < -0.3 is 5.11 Å². The minimum Gasteiger partial charge on any atom is -0.382 e. The Labute approximate surface area is 94.5 Å². The van der Waals surface area contributed by atoms with E-state index < -0.39 is 11.9 Å². The molecule has 0 fully saturated rings. The molecule has 1 N–H and O–H groups in total. The maximum absolute atomic E-state index is 13.4. The van der Waals surface area contributed by atoms with Gasteiger partial charge in [0.2, 0.25) is 0 Å². The maximum Gasteiger partial charge on any atom is 0.130 e. The summed E-state index contributed by atoms with van der Waals surface area (Å²) >= 11 is 6.56. The first-order valence-corrected chi connectivity index (χ1v) is 5.20. The predicted octanol–water partition coefficient (Wildman–Crippen LogP) is 2.41. The number of aliphatic hydroxyl groups is 1. The molecule has 1 atom stereocenters. The predicted molar refractivity (Wildman–Crippen MR) is 55.4 cm³/mol. The average molecular weight is 245 g/mol. The molecule has 2 rings (SSSR count). The molecular weight excluding hydrogens is 239 g/mol. The average Bonchev–Trinajstić information content (AvgIpc) is 2.69. The molecule has 0 bridgehead atoms. The van der Waals surface area contributed by atoms with E-state index in [9.17, 15) is 9.50 Å². The van der Waals surface area contributed by atoms with Gasteiger partial charge in [0.15, 0.2) is 0 Å². The molecule has 0 spiro atoms. The van der Waals surface area contributed by atoms with E-state index in [1.807, 2.05) is 0 Å². The Balaban J connectivity index is 2.38. The second-order valence-corrected chi connectivity index (χ2v) is 3.89. The molecule has 0 aliphatic rings. The van der Waals surface area contributed by atoms with Gasteiger partial charge in [0.25, 0.3) is 0 Å². The van der Waals surface area contributed by atoms with E-state index in [-0.39, 0.29) is 5.56 Å². The minimum absolute atomic E-state index is 0.145. The van der Waals surface area contributed by atoms with Crippen LogP contribution in [0.1, 0.15) is 17.4 Å². The number of aromatic nitrogens is 2. The summed E-state index contributed by atoms with van der Waals surface area (Å²) in [5, 5.41) is 10.1. The van der Waals surface area contributed by atoms with E-state index in [1.54, 1.807) is 0 Å². The van der Waals surface area contributed by atoms with Gasteiger partial charge in [0.1, 0.15) is 17.6 Å². The topological polar surface area (TPSA) is 46.0 Å². The largest absolute Gasteiger partial charge is 0.382 e. The van der Waals surface area contributed by atoms with Gasteiger partial charge >= 0.3 is 0 Å². The van der Waals surface area contributed by atoms with Crippen LogP contribution in [0, 0.1) is 5.82 Å². The molecule has 1 aromatic heterocycles. The molecule has 0 amide bonds. The smallest absolute Gasteiger partial charge is 0.130 e. The van der Waals surface area contributed by atoms with Crippen LogP contribution in [0.25, 0.3) is 0 Å². The Bertz CT molecular complexity index is 463. The van der Waals surface area contributed by atoms with Gasteiger partial charge in [-0.15, -0.1) is 0 Å². The Kier molecular flexibility index (Phi) is 2.95. The molecule has 0 aliphatic heterocycles. The second-order valence-electron chi connectivity index (χ2n) is 2.90. The van der Waals surface area contributed by atoms with Crippen molar-refractivity contribution >= 4 is 23.3 Å². The molecule has 0 saturated carbocycles. The number of aliphatic hydroxyl groups excluding tert-OH is 1. The molecule has 78 valence electrons. The fourth-order valence-corrected chi connectivity index (χ4v) is 1.78. The zero-order valence-corrected chi connectivity index (χ0v) is 8.96. The molecule has 0 aliphatic carbocycles.